The molecule has 0 saturated carbocycles. The van der Waals surface area contributed by atoms with Crippen molar-refractivity contribution >= 4 is 21.8 Å². The fourth-order valence-corrected chi connectivity index (χ4v) is 4.49. The van der Waals surface area contributed by atoms with E-state index in [1.165, 1.54) is 19.0 Å². The molecule has 0 amide bonds. The van der Waals surface area contributed by atoms with Gasteiger partial charge < -0.3 is 5.73 Å². The highest BCUT2D eigenvalue weighted by molar-refractivity contribution is 8.00. The minimum atomic E-state index is -3.44. The van der Waals surface area contributed by atoms with Gasteiger partial charge in [0.25, 0.3) is 0 Å². The molecule has 2 rings (SSSR count). The van der Waals surface area contributed by atoms with Crippen molar-refractivity contribution in [3.63, 3.8) is 0 Å². The van der Waals surface area contributed by atoms with Gasteiger partial charge >= 0.3 is 0 Å². The first-order valence-corrected chi connectivity index (χ1v) is 9.49. The number of hydrogen-bond donors (Lipinski definition) is 2. The molecule has 0 spiro atoms. The second kappa shape index (κ2) is 7.44. The zero-order valence-electron chi connectivity index (χ0n) is 11.5. The molecule has 1 atom stereocenters. The Morgan fingerprint density at radius 1 is 1.50 bits per heavy atom. The van der Waals surface area contributed by atoms with Gasteiger partial charge in [0.05, 0.1) is 6.20 Å². The van der Waals surface area contributed by atoms with E-state index in [1.807, 2.05) is 11.8 Å². The van der Waals surface area contributed by atoms with Gasteiger partial charge in [0.1, 0.15) is 4.90 Å². The minimum absolute atomic E-state index is 0.232. The summed E-state index contributed by atoms with van der Waals surface area (Å²) in [5.74, 6) is 1.13. The minimum Gasteiger partial charge on any atom is -0.330 e. The lowest BCUT2D eigenvalue weighted by Gasteiger charge is -2.21. The Labute approximate surface area is 124 Å². The molecule has 1 aromatic heterocycles. The first kappa shape index (κ1) is 15.8. The Morgan fingerprint density at radius 3 is 3.05 bits per heavy atom. The lowest BCUT2D eigenvalue weighted by atomic mass is 10.2. The van der Waals surface area contributed by atoms with Crippen molar-refractivity contribution in [1.82, 2.24) is 14.5 Å². The van der Waals surface area contributed by atoms with Crippen molar-refractivity contribution in [2.24, 2.45) is 5.73 Å². The molecule has 6 nitrogen and oxygen atoms in total. The molecule has 1 fully saturated rings. The Morgan fingerprint density at radius 2 is 2.35 bits per heavy atom. The molecule has 1 unspecified atom stereocenters. The number of hydrogen-bond acceptors (Lipinski definition) is 5. The van der Waals surface area contributed by atoms with Gasteiger partial charge in [-0.25, -0.2) is 13.1 Å². The number of nitrogens with zero attached hydrogens (tertiary/aromatic N) is 2. The van der Waals surface area contributed by atoms with Crippen LogP contribution < -0.4 is 10.5 Å². The molecular formula is C12H22N4O2S2. The van der Waals surface area contributed by atoms with E-state index in [1.54, 1.807) is 10.9 Å². The zero-order valence-corrected chi connectivity index (χ0v) is 13.1. The van der Waals surface area contributed by atoms with Gasteiger partial charge in [-0.05, 0) is 31.6 Å². The summed E-state index contributed by atoms with van der Waals surface area (Å²) < 4.78 is 28.6. The van der Waals surface area contributed by atoms with Crippen molar-refractivity contribution in [2.45, 2.75) is 42.4 Å². The quantitative estimate of drug-likeness (QED) is 0.776. The number of nitrogens with one attached hydrogen (secondary N) is 1. The molecule has 8 heteroatoms. The van der Waals surface area contributed by atoms with Gasteiger partial charge in [0.15, 0.2) is 0 Å². The van der Waals surface area contributed by atoms with Crippen LogP contribution in [-0.2, 0) is 16.6 Å². The summed E-state index contributed by atoms with van der Waals surface area (Å²) in [6.45, 7) is 1.71. The second-order valence-corrected chi connectivity index (χ2v) is 8.10. The predicted octanol–water partition coefficient (Wildman–Crippen LogP) is 0.796. The highest BCUT2D eigenvalue weighted by Gasteiger charge is 2.20. The Hall–Kier alpha value is -0.570. The number of aromatic nitrogens is 2. The molecule has 2 heterocycles. The monoisotopic (exact) mass is 318 g/mol. The summed E-state index contributed by atoms with van der Waals surface area (Å²) in [4.78, 5) is 0.232. The van der Waals surface area contributed by atoms with Crippen LogP contribution in [0.4, 0.5) is 0 Å². The van der Waals surface area contributed by atoms with Crippen LogP contribution in [0, 0.1) is 0 Å². The van der Waals surface area contributed by atoms with Crippen LogP contribution in [-0.4, -0.2) is 42.3 Å². The molecule has 3 N–H and O–H groups in total. The fraction of sp³-hybridized carbons (Fsp3) is 0.750. The number of thioether (sulfide) groups is 1. The van der Waals surface area contributed by atoms with E-state index in [4.69, 9.17) is 5.73 Å². The normalized spacial score (nSPS) is 20.1. The van der Waals surface area contributed by atoms with Crippen LogP contribution in [0.3, 0.4) is 0 Å². The number of aryl methyl sites for hydroxylation is 1. The average Bonchev–Trinajstić information content (AvgIpc) is 2.94. The van der Waals surface area contributed by atoms with Gasteiger partial charge in [-0.1, -0.05) is 6.42 Å². The molecule has 0 radical (unpaired) electrons. The molecule has 1 aliphatic rings. The Bertz CT molecular complexity index is 509. The molecular weight excluding hydrogens is 296 g/mol. The van der Waals surface area contributed by atoms with Gasteiger partial charge in [0.2, 0.25) is 10.0 Å². The number of nitrogens with two attached hydrogens (primary N) is 1. The Balaban J connectivity index is 1.90. The van der Waals surface area contributed by atoms with Gasteiger partial charge in [-0.2, -0.15) is 16.9 Å². The van der Waals surface area contributed by atoms with Crippen LogP contribution >= 0.6 is 11.8 Å². The summed E-state index contributed by atoms with van der Waals surface area (Å²) in [5.41, 5.74) is 5.43. The van der Waals surface area contributed by atoms with E-state index in [0.717, 1.165) is 18.6 Å². The third kappa shape index (κ3) is 4.47. The summed E-state index contributed by atoms with van der Waals surface area (Å²) in [5, 5.41) is 4.45. The van der Waals surface area contributed by atoms with E-state index >= 15 is 0 Å². The lowest BCUT2D eigenvalue weighted by molar-refractivity contribution is 0.571. The van der Waals surface area contributed by atoms with Crippen LogP contribution in [0.2, 0.25) is 0 Å². The van der Waals surface area contributed by atoms with Crippen molar-refractivity contribution in [1.29, 1.82) is 0 Å². The molecule has 0 bridgehead atoms. The highest BCUT2D eigenvalue weighted by Crippen LogP contribution is 2.24. The van der Waals surface area contributed by atoms with E-state index in [9.17, 15) is 8.42 Å². The molecule has 20 heavy (non-hydrogen) atoms. The third-order valence-corrected chi connectivity index (χ3v) is 6.06. The topological polar surface area (TPSA) is 90.0 Å². The number of sulfonamides is 1. The Kier molecular flexibility index (Phi) is 5.88. The highest BCUT2D eigenvalue weighted by atomic mass is 32.2. The fourth-order valence-electron chi connectivity index (χ4n) is 2.11. The predicted molar refractivity (Wildman–Crippen MR) is 81.2 cm³/mol. The van der Waals surface area contributed by atoms with Crippen LogP contribution in [0.15, 0.2) is 17.3 Å². The smallest absolute Gasteiger partial charge is 0.243 e. The van der Waals surface area contributed by atoms with E-state index in [0.29, 0.717) is 24.9 Å². The summed E-state index contributed by atoms with van der Waals surface area (Å²) in [6, 6.07) is 0. The molecule has 1 aromatic rings. The maximum atomic E-state index is 12.2. The van der Waals surface area contributed by atoms with Gasteiger partial charge in [-0.15, -0.1) is 0 Å². The summed E-state index contributed by atoms with van der Waals surface area (Å²) >= 11 is 1.85. The zero-order chi connectivity index (χ0) is 14.4. The first-order chi connectivity index (χ1) is 9.62. The van der Waals surface area contributed by atoms with Crippen molar-refractivity contribution in [3.8, 4) is 0 Å². The van der Waals surface area contributed by atoms with Crippen molar-refractivity contribution in [2.75, 3.05) is 18.8 Å². The second-order valence-electron chi connectivity index (χ2n) is 4.92. The van der Waals surface area contributed by atoms with Crippen molar-refractivity contribution in [3.05, 3.63) is 12.4 Å². The third-order valence-electron chi connectivity index (χ3n) is 3.29. The molecule has 114 valence electrons. The van der Waals surface area contributed by atoms with Crippen LogP contribution in [0.5, 0.6) is 0 Å². The molecule has 0 aliphatic carbocycles. The standard InChI is InChI=1S/C12H22N4O2S2/c13-5-3-6-16-10-12(9-14-16)20(17,18)15-8-11-4-1-2-7-19-11/h9-11,15H,1-8,13H2. The summed E-state index contributed by atoms with van der Waals surface area (Å²) in [7, 11) is -3.44. The maximum absolute atomic E-state index is 12.2. The molecule has 0 aromatic carbocycles. The van der Waals surface area contributed by atoms with Crippen molar-refractivity contribution < 1.29 is 8.42 Å². The molecule has 1 saturated heterocycles. The maximum Gasteiger partial charge on any atom is 0.243 e. The SMILES string of the molecule is NCCCn1cc(S(=O)(=O)NCC2CCCCS2)cn1. The largest absolute Gasteiger partial charge is 0.330 e. The lowest BCUT2D eigenvalue weighted by Crippen LogP contribution is -2.31. The summed E-state index contributed by atoms with van der Waals surface area (Å²) in [6.07, 6.45) is 7.26. The first-order valence-electron chi connectivity index (χ1n) is 6.95. The van der Waals surface area contributed by atoms with Crippen LogP contribution in [0.25, 0.3) is 0 Å². The van der Waals surface area contributed by atoms with E-state index in [-0.39, 0.29) is 4.90 Å². The molecule has 1 aliphatic heterocycles. The van der Waals surface area contributed by atoms with Gasteiger partial charge in [-0.3, -0.25) is 4.68 Å². The van der Waals surface area contributed by atoms with Gasteiger partial charge in [0, 0.05) is 24.5 Å². The van der Waals surface area contributed by atoms with E-state index < -0.39 is 10.0 Å². The van der Waals surface area contributed by atoms with Crippen LogP contribution in [0.1, 0.15) is 25.7 Å². The average molecular weight is 318 g/mol. The van der Waals surface area contributed by atoms with E-state index in [2.05, 4.69) is 9.82 Å². The number of rotatable bonds is 7.